The summed E-state index contributed by atoms with van der Waals surface area (Å²) in [6.07, 6.45) is 0.823. The van der Waals surface area contributed by atoms with Crippen molar-refractivity contribution in [3.8, 4) is 11.3 Å². The van der Waals surface area contributed by atoms with Crippen LogP contribution in [0.5, 0.6) is 0 Å². The van der Waals surface area contributed by atoms with Gasteiger partial charge in [-0.2, -0.15) is 0 Å². The van der Waals surface area contributed by atoms with Crippen molar-refractivity contribution in [3.63, 3.8) is 0 Å². The number of aryl methyl sites for hydroxylation is 1. The normalized spacial score (nSPS) is 11.2. The van der Waals surface area contributed by atoms with E-state index < -0.39 is 0 Å². The quantitative estimate of drug-likeness (QED) is 0.570. The van der Waals surface area contributed by atoms with Crippen LogP contribution in [0.3, 0.4) is 0 Å². The van der Waals surface area contributed by atoms with Gasteiger partial charge in [-0.15, -0.1) is 11.3 Å². The number of halogens is 3. The maximum atomic E-state index is 11.5. The van der Waals surface area contributed by atoms with Gasteiger partial charge in [-0.25, -0.2) is 0 Å². The number of H-pyrrole nitrogens is 1. The van der Waals surface area contributed by atoms with Crippen molar-refractivity contribution in [3.05, 3.63) is 43.0 Å². The molecule has 102 valence electrons. The minimum Gasteiger partial charge on any atom is -0.354 e. The lowest BCUT2D eigenvalue weighted by Gasteiger charge is -1.98. The van der Waals surface area contributed by atoms with Gasteiger partial charge in [-0.3, -0.25) is 4.79 Å². The molecule has 3 rings (SSSR count). The molecule has 2 aromatic heterocycles. The number of aromatic amines is 1. The van der Waals surface area contributed by atoms with Gasteiger partial charge in [0.25, 0.3) is 0 Å². The first kappa shape index (κ1) is 14.0. The van der Waals surface area contributed by atoms with Crippen LogP contribution in [0.1, 0.15) is 15.9 Å². The van der Waals surface area contributed by atoms with Crippen molar-refractivity contribution >= 4 is 63.3 Å². The molecule has 1 aromatic carbocycles. The second kappa shape index (κ2) is 5.08. The molecule has 0 spiro atoms. The number of benzene rings is 1. The largest absolute Gasteiger partial charge is 0.354 e. The van der Waals surface area contributed by atoms with E-state index in [1.807, 2.05) is 13.0 Å². The van der Waals surface area contributed by atoms with Crippen LogP contribution in [-0.4, -0.2) is 11.3 Å². The molecule has 0 amide bonds. The Bertz CT molecular complexity index is 835. The summed E-state index contributed by atoms with van der Waals surface area (Å²) in [6.45, 7) is 1.90. The molecule has 6 heteroatoms. The smallest absolute Gasteiger partial charge is 0.152 e. The molecule has 0 aliphatic rings. The number of aldehydes is 1. The first-order chi connectivity index (χ1) is 9.52. The predicted molar refractivity (Wildman–Crippen MR) is 86.8 cm³/mol. The van der Waals surface area contributed by atoms with E-state index in [4.69, 9.17) is 34.8 Å². The zero-order chi connectivity index (χ0) is 14.4. The van der Waals surface area contributed by atoms with E-state index in [-0.39, 0.29) is 0 Å². The summed E-state index contributed by atoms with van der Waals surface area (Å²) in [5, 5.41) is 1.48. The molecular formula is C14H8Cl3NOS. The van der Waals surface area contributed by atoms with Gasteiger partial charge in [0.2, 0.25) is 0 Å². The summed E-state index contributed by atoms with van der Waals surface area (Å²) in [7, 11) is 0. The first-order valence-electron chi connectivity index (χ1n) is 5.74. The zero-order valence-corrected chi connectivity index (χ0v) is 13.3. The first-order valence-corrected chi connectivity index (χ1v) is 7.69. The number of rotatable bonds is 2. The van der Waals surface area contributed by atoms with Crippen LogP contribution in [0.2, 0.25) is 13.7 Å². The van der Waals surface area contributed by atoms with E-state index in [0.717, 1.165) is 28.3 Å². The number of thiophene rings is 1. The molecule has 2 heterocycles. The van der Waals surface area contributed by atoms with Crippen molar-refractivity contribution in [2.75, 3.05) is 0 Å². The van der Waals surface area contributed by atoms with Gasteiger partial charge in [0, 0.05) is 21.5 Å². The summed E-state index contributed by atoms with van der Waals surface area (Å²) >= 11 is 19.5. The second-order valence-electron chi connectivity index (χ2n) is 4.36. The number of aromatic nitrogens is 1. The molecule has 0 atom stereocenters. The third-order valence-corrected chi connectivity index (χ3v) is 5.15. The van der Waals surface area contributed by atoms with Crippen LogP contribution in [0.4, 0.5) is 0 Å². The predicted octanol–water partition coefficient (Wildman–Crippen LogP) is 5.98. The zero-order valence-electron chi connectivity index (χ0n) is 10.3. The van der Waals surface area contributed by atoms with Gasteiger partial charge in [0.15, 0.2) is 6.29 Å². The Kier molecular flexibility index (Phi) is 3.55. The van der Waals surface area contributed by atoms with E-state index in [1.165, 1.54) is 11.3 Å². The van der Waals surface area contributed by atoms with Crippen LogP contribution < -0.4 is 0 Å². The van der Waals surface area contributed by atoms with E-state index in [9.17, 15) is 4.79 Å². The average Bonchev–Trinajstić information content (AvgIpc) is 2.93. The summed E-state index contributed by atoms with van der Waals surface area (Å²) in [4.78, 5) is 14.7. The summed E-state index contributed by atoms with van der Waals surface area (Å²) < 4.78 is 1.13. The van der Waals surface area contributed by atoms with Gasteiger partial charge in [-0.1, -0.05) is 40.9 Å². The molecule has 3 aromatic rings. The molecule has 0 saturated heterocycles. The third kappa shape index (κ3) is 2.06. The fraction of sp³-hybridized carbons (Fsp3) is 0.0714. The molecule has 2 nitrogen and oxygen atoms in total. The lowest BCUT2D eigenvalue weighted by atomic mass is 10.1. The highest BCUT2D eigenvalue weighted by molar-refractivity contribution is 7.20. The van der Waals surface area contributed by atoms with Crippen LogP contribution >= 0.6 is 46.1 Å². The Hall–Kier alpha value is -1.000. The maximum Gasteiger partial charge on any atom is 0.152 e. The SMILES string of the molecule is Cc1c(Cl)ccc2c(C=O)c(-c3cc(Cl)sc3Cl)[nH]c12. The highest BCUT2D eigenvalue weighted by atomic mass is 35.5. The second-order valence-corrected chi connectivity index (χ2v) is 7.06. The molecule has 20 heavy (non-hydrogen) atoms. The molecule has 0 aliphatic carbocycles. The van der Waals surface area contributed by atoms with Crippen molar-refractivity contribution in [1.82, 2.24) is 4.98 Å². The Labute approximate surface area is 134 Å². The fourth-order valence-electron chi connectivity index (χ4n) is 2.24. The Morgan fingerprint density at radius 3 is 2.60 bits per heavy atom. The number of hydrogen-bond donors (Lipinski definition) is 1. The molecular weight excluding hydrogens is 337 g/mol. The fourth-order valence-corrected chi connectivity index (χ4v) is 3.88. The lowest BCUT2D eigenvalue weighted by molar-refractivity contribution is 0.112. The molecule has 0 aliphatic heterocycles. The van der Waals surface area contributed by atoms with Gasteiger partial charge in [0.1, 0.15) is 4.34 Å². The third-order valence-electron chi connectivity index (χ3n) is 3.25. The average molecular weight is 345 g/mol. The molecule has 0 saturated carbocycles. The summed E-state index contributed by atoms with van der Waals surface area (Å²) in [6, 6.07) is 5.37. The molecule has 1 N–H and O–H groups in total. The van der Waals surface area contributed by atoms with Crippen LogP contribution in [0, 0.1) is 6.92 Å². The summed E-state index contributed by atoms with van der Waals surface area (Å²) in [5.74, 6) is 0. The molecule has 0 bridgehead atoms. The number of nitrogens with one attached hydrogen (secondary N) is 1. The van der Waals surface area contributed by atoms with E-state index in [1.54, 1.807) is 12.1 Å². The number of fused-ring (bicyclic) bond motifs is 1. The number of carbonyl (C=O) groups excluding carboxylic acids is 1. The molecule has 0 radical (unpaired) electrons. The lowest BCUT2D eigenvalue weighted by Crippen LogP contribution is -1.82. The van der Waals surface area contributed by atoms with Crippen molar-refractivity contribution < 1.29 is 4.79 Å². The Morgan fingerprint density at radius 2 is 2.00 bits per heavy atom. The monoisotopic (exact) mass is 343 g/mol. The molecule has 0 unspecified atom stereocenters. The number of hydrogen-bond acceptors (Lipinski definition) is 2. The van der Waals surface area contributed by atoms with Crippen LogP contribution in [-0.2, 0) is 0 Å². The highest BCUT2D eigenvalue weighted by Crippen LogP contribution is 2.41. The Balaban J connectivity index is 2.39. The van der Waals surface area contributed by atoms with E-state index >= 15 is 0 Å². The van der Waals surface area contributed by atoms with E-state index in [0.29, 0.717) is 25.0 Å². The Morgan fingerprint density at radius 1 is 1.25 bits per heavy atom. The molecule has 0 fully saturated rings. The minimum atomic E-state index is 0.549. The maximum absolute atomic E-state index is 11.5. The topological polar surface area (TPSA) is 32.9 Å². The highest BCUT2D eigenvalue weighted by Gasteiger charge is 2.18. The number of carbonyl (C=O) groups is 1. The minimum absolute atomic E-state index is 0.549. The standard InChI is InChI=1S/C14H8Cl3NOS/c1-6-10(15)3-2-7-9(5-19)13(18-12(6)7)8-4-11(16)20-14(8)17/h2-5,18H,1H3. The van der Waals surface area contributed by atoms with Crippen molar-refractivity contribution in [1.29, 1.82) is 0 Å². The van der Waals surface area contributed by atoms with Gasteiger partial charge < -0.3 is 4.98 Å². The van der Waals surface area contributed by atoms with E-state index in [2.05, 4.69) is 4.98 Å². The van der Waals surface area contributed by atoms with Crippen molar-refractivity contribution in [2.45, 2.75) is 6.92 Å². The van der Waals surface area contributed by atoms with Gasteiger partial charge in [-0.05, 0) is 24.6 Å². The van der Waals surface area contributed by atoms with Gasteiger partial charge in [0.05, 0.1) is 15.5 Å². The van der Waals surface area contributed by atoms with Crippen LogP contribution in [0.25, 0.3) is 22.2 Å². The van der Waals surface area contributed by atoms with Crippen molar-refractivity contribution in [2.24, 2.45) is 0 Å². The van der Waals surface area contributed by atoms with Crippen LogP contribution in [0.15, 0.2) is 18.2 Å². The summed E-state index contributed by atoms with van der Waals surface area (Å²) in [5.41, 5.74) is 3.71. The van der Waals surface area contributed by atoms with Gasteiger partial charge >= 0.3 is 0 Å².